The van der Waals surface area contributed by atoms with Gasteiger partial charge in [-0.3, -0.25) is 4.79 Å². The van der Waals surface area contributed by atoms with Crippen molar-refractivity contribution in [3.05, 3.63) is 53.0 Å². The molecule has 134 valence electrons. The zero-order valence-electron chi connectivity index (χ0n) is 14.5. The maximum atomic E-state index is 12.8. The SMILES string of the molecule is Cc1ccc(S(=O)(=O)N(C)Cc2ccc([C@H]3C[C@H]3C)o2)cc1C(N)=O. The Kier molecular flexibility index (Phi) is 4.47. The lowest BCUT2D eigenvalue weighted by atomic mass is 10.1. The summed E-state index contributed by atoms with van der Waals surface area (Å²) in [6.45, 7) is 4.00. The molecular weight excluding hydrogens is 340 g/mol. The lowest BCUT2D eigenvalue weighted by Gasteiger charge is -2.17. The highest BCUT2D eigenvalue weighted by Crippen LogP contribution is 2.47. The zero-order chi connectivity index (χ0) is 18.4. The molecule has 0 radical (unpaired) electrons. The van der Waals surface area contributed by atoms with E-state index < -0.39 is 15.9 Å². The van der Waals surface area contributed by atoms with Gasteiger partial charge in [-0.1, -0.05) is 13.0 Å². The topological polar surface area (TPSA) is 93.6 Å². The highest BCUT2D eigenvalue weighted by molar-refractivity contribution is 7.89. The first-order chi connectivity index (χ1) is 11.7. The fourth-order valence-electron chi connectivity index (χ4n) is 2.91. The fraction of sp³-hybridized carbons (Fsp3) is 0.389. The Labute approximate surface area is 147 Å². The quantitative estimate of drug-likeness (QED) is 0.855. The molecular formula is C18H22N2O4S. The number of hydrogen-bond acceptors (Lipinski definition) is 4. The number of nitrogens with two attached hydrogens (primary N) is 1. The highest BCUT2D eigenvalue weighted by Gasteiger charge is 2.36. The largest absolute Gasteiger partial charge is 0.464 e. The molecule has 1 saturated carbocycles. The molecule has 3 rings (SSSR count). The van der Waals surface area contributed by atoms with E-state index >= 15 is 0 Å². The van der Waals surface area contributed by atoms with Crippen LogP contribution in [0.1, 0.15) is 46.7 Å². The number of carbonyl (C=O) groups is 1. The van der Waals surface area contributed by atoms with E-state index in [1.165, 1.54) is 23.5 Å². The van der Waals surface area contributed by atoms with E-state index in [-0.39, 0.29) is 17.0 Å². The first-order valence-corrected chi connectivity index (χ1v) is 9.59. The molecule has 1 amide bonds. The molecule has 2 atom stereocenters. The summed E-state index contributed by atoms with van der Waals surface area (Å²) in [6, 6.07) is 8.12. The number of carbonyl (C=O) groups excluding carboxylic acids is 1. The summed E-state index contributed by atoms with van der Waals surface area (Å²) in [6.07, 6.45) is 1.11. The molecule has 7 heteroatoms. The zero-order valence-corrected chi connectivity index (χ0v) is 15.3. The average Bonchev–Trinajstić information content (AvgIpc) is 3.09. The van der Waals surface area contributed by atoms with Gasteiger partial charge < -0.3 is 10.2 Å². The summed E-state index contributed by atoms with van der Waals surface area (Å²) in [7, 11) is -2.26. The number of aryl methyl sites for hydroxylation is 1. The monoisotopic (exact) mass is 362 g/mol. The smallest absolute Gasteiger partial charge is 0.249 e. The molecule has 1 aromatic heterocycles. The van der Waals surface area contributed by atoms with Crippen molar-refractivity contribution in [2.24, 2.45) is 11.7 Å². The molecule has 0 unspecified atom stereocenters. The van der Waals surface area contributed by atoms with Crippen LogP contribution in [-0.4, -0.2) is 25.7 Å². The van der Waals surface area contributed by atoms with Crippen LogP contribution >= 0.6 is 0 Å². The molecule has 2 aromatic rings. The molecule has 1 aliphatic rings. The summed E-state index contributed by atoms with van der Waals surface area (Å²) >= 11 is 0. The summed E-state index contributed by atoms with van der Waals surface area (Å²) in [5, 5.41) is 0. The van der Waals surface area contributed by atoms with Crippen molar-refractivity contribution in [3.63, 3.8) is 0 Å². The molecule has 1 aliphatic carbocycles. The average molecular weight is 362 g/mol. The number of sulfonamides is 1. The van der Waals surface area contributed by atoms with Crippen molar-refractivity contribution in [2.75, 3.05) is 7.05 Å². The van der Waals surface area contributed by atoms with Gasteiger partial charge in [-0.25, -0.2) is 8.42 Å². The molecule has 0 aliphatic heterocycles. The Bertz CT molecular complexity index is 917. The van der Waals surface area contributed by atoms with Crippen LogP contribution in [0.3, 0.4) is 0 Å². The number of nitrogens with zero attached hydrogens (tertiary/aromatic N) is 1. The number of benzene rings is 1. The Morgan fingerprint density at radius 1 is 1.32 bits per heavy atom. The molecule has 1 fully saturated rings. The Hall–Kier alpha value is -2.12. The summed E-state index contributed by atoms with van der Waals surface area (Å²) in [5.41, 5.74) is 6.16. The van der Waals surface area contributed by atoms with E-state index in [1.54, 1.807) is 13.0 Å². The Morgan fingerprint density at radius 2 is 2.00 bits per heavy atom. The third-order valence-corrected chi connectivity index (χ3v) is 6.52. The number of primary amides is 1. The molecule has 2 N–H and O–H groups in total. The van der Waals surface area contributed by atoms with Crippen LogP contribution in [0.2, 0.25) is 0 Å². The Morgan fingerprint density at radius 3 is 2.60 bits per heavy atom. The highest BCUT2D eigenvalue weighted by atomic mass is 32.2. The second kappa shape index (κ2) is 6.31. The minimum Gasteiger partial charge on any atom is -0.464 e. The number of hydrogen-bond donors (Lipinski definition) is 1. The van der Waals surface area contributed by atoms with E-state index in [9.17, 15) is 13.2 Å². The van der Waals surface area contributed by atoms with Crippen molar-refractivity contribution < 1.29 is 17.6 Å². The van der Waals surface area contributed by atoms with E-state index in [0.29, 0.717) is 23.2 Å². The van der Waals surface area contributed by atoms with Gasteiger partial charge in [0, 0.05) is 18.5 Å². The van der Waals surface area contributed by atoms with Crippen LogP contribution in [0.15, 0.2) is 39.6 Å². The van der Waals surface area contributed by atoms with Gasteiger partial charge >= 0.3 is 0 Å². The van der Waals surface area contributed by atoms with Gasteiger partial charge in [0.05, 0.1) is 11.4 Å². The van der Waals surface area contributed by atoms with Crippen LogP contribution in [0.5, 0.6) is 0 Å². The van der Waals surface area contributed by atoms with Gasteiger partial charge in [0.2, 0.25) is 15.9 Å². The van der Waals surface area contributed by atoms with E-state index in [4.69, 9.17) is 10.2 Å². The summed E-state index contributed by atoms with van der Waals surface area (Å²) < 4.78 is 32.5. The summed E-state index contributed by atoms with van der Waals surface area (Å²) in [5.74, 6) is 1.94. The van der Waals surface area contributed by atoms with Crippen LogP contribution in [0, 0.1) is 12.8 Å². The van der Waals surface area contributed by atoms with Crippen molar-refractivity contribution in [3.8, 4) is 0 Å². The molecule has 0 saturated heterocycles. The van der Waals surface area contributed by atoms with Crippen LogP contribution < -0.4 is 5.73 Å². The third kappa shape index (κ3) is 3.48. The molecule has 1 heterocycles. The predicted octanol–water partition coefficient (Wildman–Crippen LogP) is 2.63. The van der Waals surface area contributed by atoms with Gasteiger partial charge in [0.15, 0.2) is 0 Å². The van der Waals surface area contributed by atoms with Crippen molar-refractivity contribution in [2.45, 2.75) is 37.6 Å². The van der Waals surface area contributed by atoms with E-state index in [1.807, 2.05) is 12.1 Å². The normalized spacial score (nSPS) is 20.0. The summed E-state index contributed by atoms with van der Waals surface area (Å²) in [4.78, 5) is 11.5. The number of rotatable bonds is 6. The fourth-order valence-corrected chi connectivity index (χ4v) is 4.07. The van der Waals surface area contributed by atoms with Crippen molar-refractivity contribution in [1.82, 2.24) is 4.31 Å². The van der Waals surface area contributed by atoms with Gasteiger partial charge in [0.1, 0.15) is 11.5 Å². The Balaban J connectivity index is 1.80. The number of amides is 1. The molecule has 0 bridgehead atoms. The minimum atomic E-state index is -3.75. The lowest BCUT2D eigenvalue weighted by Crippen LogP contribution is -2.27. The second-order valence-corrected chi connectivity index (χ2v) is 8.77. The van der Waals surface area contributed by atoms with Gasteiger partial charge in [-0.05, 0) is 49.1 Å². The first-order valence-electron chi connectivity index (χ1n) is 8.15. The second-order valence-electron chi connectivity index (χ2n) is 6.73. The van der Waals surface area contributed by atoms with Crippen molar-refractivity contribution in [1.29, 1.82) is 0 Å². The number of furan rings is 1. The third-order valence-electron chi connectivity index (χ3n) is 4.72. The van der Waals surface area contributed by atoms with Crippen LogP contribution in [-0.2, 0) is 16.6 Å². The molecule has 0 spiro atoms. The molecule has 25 heavy (non-hydrogen) atoms. The van der Waals surface area contributed by atoms with E-state index in [2.05, 4.69) is 6.92 Å². The molecule has 1 aromatic carbocycles. The van der Waals surface area contributed by atoms with Gasteiger partial charge in [0.25, 0.3) is 0 Å². The molecule has 6 nitrogen and oxygen atoms in total. The van der Waals surface area contributed by atoms with Gasteiger partial charge in [-0.15, -0.1) is 0 Å². The maximum Gasteiger partial charge on any atom is 0.249 e. The van der Waals surface area contributed by atoms with Crippen molar-refractivity contribution >= 4 is 15.9 Å². The van der Waals surface area contributed by atoms with Gasteiger partial charge in [-0.2, -0.15) is 4.31 Å². The van der Waals surface area contributed by atoms with Crippen LogP contribution in [0.4, 0.5) is 0 Å². The maximum absolute atomic E-state index is 12.8. The van der Waals surface area contributed by atoms with Crippen LogP contribution in [0.25, 0.3) is 0 Å². The predicted molar refractivity (Wildman–Crippen MR) is 93.6 cm³/mol. The minimum absolute atomic E-state index is 0.0389. The lowest BCUT2D eigenvalue weighted by molar-refractivity contribution is 0.0999. The van der Waals surface area contributed by atoms with E-state index in [0.717, 1.165) is 12.2 Å². The standard InChI is InChI=1S/C18H22N2O4S/c1-11-4-6-14(9-16(11)18(19)21)25(22,23)20(3)10-13-5-7-17(24-13)15-8-12(15)2/h4-7,9,12,15H,8,10H2,1-3H3,(H2,19,21)/t12-,15+/m1/s1. The first kappa shape index (κ1) is 17.7.